The molecule has 2 atom stereocenters. The molecule has 2 rings (SSSR count). The summed E-state index contributed by atoms with van der Waals surface area (Å²) in [5.41, 5.74) is 0. The second kappa shape index (κ2) is 3.79. The van der Waals surface area contributed by atoms with Gasteiger partial charge in [0.2, 0.25) is 0 Å². The summed E-state index contributed by atoms with van der Waals surface area (Å²) >= 11 is 2.02. The van der Waals surface area contributed by atoms with Crippen LogP contribution in [0.5, 0.6) is 0 Å². The fraction of sp³-hybridized carbons (Fsp3) is 1.00. The average Bonchev–Trinajstić information content (AvgIpc) is 2.82. The average molecular weight is 201 g/mol. The molecule has 0 aromatic carbocycles. The highest BCUT2D eigenvalue weighted by Gasteiger charge is 2.42. The molecule has 13 heavy (non-hydrogen) atoms. The molecule has 1 aliphatic heterocycles. The molecule has 2 nitrogen and oxygen atoms in total. The maximum absolute atomic E-state index is 5.52. The number of nitrogens with one attached hydrogen (secondary N) is 1. The van der Waals surface area contributed by atoms with E-state index in [0.717, 1.165) is 6.61 Å². The van der Waals surface area contributed by atoms with Crippen LogP contribution in [-0.4, -0.2) is 36.3 Å². The molecule has 0 aromatic rings. The predicted octanol–water partition coefficient (Wildman–Crippen LogP) is 1.65. The van der Waals surface area contributed by atoms with Gasteiger partial charge >= 0.3 is 0 Å². The second-order valence-electron chi connectivity index (χ2n) is 4.24. The van der Waals surface area contributed by atoms with Crippen LogP contribution in [0.15, 0.2) is 0 Å². The van der Waals surface area contributed by atoms with Crippen molar-refractivity contribution in [1.82, 2.24) is 5.32 Å². The van der Waals surface area contributed by atoms with Crippen molar-refractivity contribution in [2.24, 2.45) is 0 Å². The van der Waals surface area contributed by atoms with E-state index in [1.165, 1.54) is 25.8 Å². The van der Waals surface area contributed by atoms with Crippen molar-refractivity contribution in [1.29, 1.82) is 0 Å². The van der Waals surface area contributed by atoms with Crippen LogP contribution in [0.2, 0.25) is 0 Å². The lowest BCUT2D eigenvalue weighted by molar-refractivity contribution is 0.113. The quantitative estimate of drug-likeness (QED) is 0.747. The third kappa shape index (κ3) is 2.20. The summed E-state index contributed by atoms with van der Waals surface area (Å²) in [6.07, 6.45) is 6.61. The van der Waals surface area contributed by atoms with E-state index >= 15 is 0 Å². The molecule has 1 N–H and O–H groups in total. The number of ether oxygens (including phenoxy) is 1. The van der Waals surface area contributed by atoms with Gasteiger partial charge in [-0.3, -0.25) is 0 Å². The standard InChI is InChI=1S/C10H19NOS/c1-8-9(3-6-12-8)11-7-10(13-2)4-5-10/h8-9,11H,3-7H2,1-2H3. The van der Waals surface area contributed by atoms with Gasteiger partial charge in [-0.2, -0.15) is 11.8 Å². The molecule has 0 bridgehead atoms. The van der Waals surface area contributed by atoms with Gasteiger partial charge in [-0.05, 0) is 32.4 Å². The minimum Gasteiger partial charge on any atom is -0.377 e. The van der Waals surface area contributed by atoms with Gasteiger partial charge in [0.05, 0.1) is 6.10 Å². The third-order valence-corrected chi connectivity index (χ3v) is 4.72. The third-order valence-electron chi connectivity index (χ3n) is 3.30. The summed E-state index contributed by atoms with van der Waals surface area (Å²) in [5.74, 6) is 0. The second-order valence-corrected chi connectivity index (χ2v) is 5.51. The minimum absolute atomic E-state index is 0.414. The van der Waals surface area contributed by atoms with E-state index in [4.69, 9.17) is 4.74 Å². The Kier molecular flexibility index (Phi) is 2.86. The number of hydrogen-bond acceptors (Lipinski definition) is 3. The fourth-order valence-electron chi connectivity index (χ4n) is 1.91. The Labute approximate surface area is 84.8 Å². The van der Waals surface area contributed by atoms with Crippen LogP contribution in [0.4, 0.5) is 0 Å². The van der Waals surface area contributed by atoms with Crippen LogP contribution in [-0.2, 0) is 4.74 Å². The zero-order chi connectivity index (χ0) is 9.31. The predicted molar refractivity (Wildman–Crippen MR) is 57.3 cm³/mol. The summed E-state index contributed by atoms with van der Waals surface area (Å²) in [4.78, 5) is 0. The molecule has 0 radical (unpaired) electrons. The monoisotopic (exact) mass is 201 g/mol. The van der Waals surface area contributed by atoms with Crippen LogP contribution in [0.25, 0.3) is 0 Å². The molecule has 1 saturated carbocycles. The van der Waals surface area contributed by atoms with Crippen molar-refractivity contribution in [3.05, 3.63) is 0 Å². The van der Waals surface area contributed by atoms with Crippen molar-refractivity contribution < 1.29 is 4.74 Å². The molecule has 3 heteroatoms. The molecule has 0 aromatic heterocycles. The van der Waals surface area contributed by atoms with Gasteiger partial charge in [0.1, 0.15) is 0 Å². The van der Waals surface area contributed by atoms with Crippen LogP contribution in [0.1, 0.15) is 26.2 Å². The van der Waals surface area contributed by atoms with Crippen molar-refractivity contribution in [3.63, 3.8) is 0 Å². The lowest BCUT2D eigenvalue weighted by Gasteiger charge is -2.19. The molecule has 1 aliphatic carbocycles. The molecule has 2 fully saturated rings. The summed E-state index contributed by atoms with van der Waals surface area (Å²) in [7, 11) is 0. The van der Waals surface area contributed by atoms with E-state index < -0.39 is 0 Å². The van der Waals surface area contributed by atoms with Crippen molar-refractivity contribution in [2.45, 2.75) is 43.1 Å². The largest absolute Gasteiger partial charge is 0.377 e. The van der Waals surface area contributed by atoms with Gasteiger partial charge < -0.3 is 10.1 Å². The first-order chi connectivity index (χ1) is 6.26. The Morgan fingerprint density at radius 1 is 1.54 bits per heavy atom. The van der Waals surface area contributed by atoms with Crippen LogP contribution in [0.3, 0.4) is 0 Å². The van der Waals surface area contributed by atoms with Crippen molar-refractivity contribution in [2.75, 3.05) is 19.4 Å². The van der Waals surface area contributed by atoms with Crippen molar-refractivity contribution >= 4 is 11.8 Å². The van der Waals surface area contributed by atoms with Gasteiger partial charge in [-0.1, -0.05) is 0 Å². The minimum atomic E-state index is 0.414. The van der Waals surface area contributed by atoms with Gasteiger partial charge in [0.25, 0.3) is 0 Å². The maximum Gasteiger partial charge on any atom is 0.0700 e. The van der Waals surface area contributed by atoms with Crippen LogP contribution >= 0.6 is 11.8 Å². The summed E-state index contributed by atoms with van der Waals surface area (Å²) in [6.45, 7) is 4.28. The summed E-state index contributed by atoms with van der Waals surface area (Å²) in [6, 6.07) is 0.602. The van der Waals surface area contributed by atoms with Gasteiger partial charge in [0.15, 0.2) is 0 Å². The molecule has 76 valence electrons. The fourth-order valence-corrected chi connectivity index (χ4v) is 2.65. The summed E-state index contributed by atoms with van der Waals surface area (Å²) < 4.78 is 6.10. The zero-order valence-electron chi connectivity index (χ0n) is 8.51. The molecule has 2 aliphatic rings. The molecular weight excluding hydrogens is 182 g/mol. The molecule has 0 spiro atoms. The molecular formula is C10H19NOS. The normalized spacial score (nSPS) is 36.5. The van der Waals surface area contributed by atoms with Gasteiger partial charge in [-0.15, -0.1) is 0 Å². The topological polar surface area (TPSA) is 21.3 Å². The molecule has 0 amide bonds. The smallest absolute Gasteiger partial charge is 0.0700 e. The number of thioether (sulfide) groups is 1. The Bertz CT molecular complexity index is 182. The summed E-state index contributed by atoms with van der Waals surface area (Å²) in [5, 5.41) is 3.64. The molecule has 1 saturated heterocycles. The van der Waals surface area contributed by atoms with Gasteiger partial charge in [-0.25, -0.2) is 0 Å². The van der Waals surface area contributed by atoms with E-state index in [0.29, 0.717) is 16.9 Å². The highest BCUT2D eigenvalue weighted by Crippen LogP contribution is 2.46. The first-order valence-electron chi connectivity index (χ1n) is 5.16. The Morgan fingerprint density at radius 2 is 2.31 bits per heavy atom. The first-order valence-corrected chi connectivity index (χ1v) is 6.38. The van der Waals surface area contributed by atoms with Crippen LogP contribution < -0.4 is 5.32 Å². The van der Waals surface area contributed by atoms with E-state index in [2.05, 4.69) is 18.5 Å². The van der Waals surface area contributed by atoms with Crippen LogP contribution in [0, 0.1) is 0 Å². The Balaban J connectivity index is 1.73. The lowest BCUT2D eigenvalue weighted by atomic mass is 10.1. The SMILES string of the molecule is CSC1(CNC2CCOC2C)CC1. The highest BCUT2D eigenvalue weighted by atomic mass is 32.2. The van der Waals surface area contributed by atoms with Crippen molar-refractivity contribution in [3.8, 4) is 0 Å². The van der Waals surface area contributed by atoms with E-state index in [9.17, 15) is 0 Å². The zero-order valence-corrected chi connectivity index (χ0v) is 9.32. The highest BCUT2D eigenvalue weighted by molar-refractivity contribution is 8.00. The van der Waals surface area contributed by atoms with E-state index in [1.54, 1.807) is 0 Å². The Hall–Kier alpha value is 0.270. The molecule has 2 unspecified atom stereocenters. The first kappa shape index (κ1) is 9.81. The van der Waals surface area contributed by atoms with E-state index in [1.807, 2.05) is 11.8 Å². The maximum atomic E-state index is 5.52. The lowest BCUT2D eigenvalue weighted by Crippen LogP contribution is -2.39. The Morgan fingerprint density at radius 3 is 2.77 bits per heavy atom. The number of rotatable bonds is 4. The molecule has 1 heterocycles. The van der Waals surface area contributed by atoms with Gasteiger partial charge in [0, 0.05) is 23.9 Å². The van der Waals surface area contributed by atoms with E-state index in [-0.39, 0.29) is 0 Å². The number of hydrogen-bond donors (Lipinski definition) is 1.